The lowest BCUT2D eigenvalue weighted by Crippen LogP contribution is -2.30. The molecule has 4 heteroatoms. The molecular formula is C40H28N2OS. The van der Waals surface area contributed by atoms with Gasteiger partial charge in [0, 0.05) is 47.7 Å². The molecule has 9 rings (SSSR count). The summed E-state index contributed by atoms with van der Waals surface area (Å²) in [5, 5.41) is 3.97. The molecule has 3 nitrogen and oxygen atoms in total. The Bertz CT molecular complexity index is 2420. The highest BCUT2D eigenvalue weighted by Gasteiger charge is 2.36. The van der Waals surface area contributed by atoms with Crippen molar-refractivity contribution in [1.82, 2.24) is 4.57 Å². The van der Waals surface area contributed by atoms with Crippen LogP contribution in [0.1, 0.15) is 25.0 Å². The van der Waals surface area contributed by atoms with E-state index in [9.17, 15) is 4.79 Å². The monoisotopic (exact) mass is 584 g/mol. The maximum absolute atomic E-state index is 13.9. The summed E-state index contributed by atoms with van der Waals surface area (Å²) in [6, 6.07) is 47.0. The van der Waals surface area contributed by atoms with Gasteiger partial charge in [-0.3, -0.25) is 4.79 Å². The molecule has 0 unspecified atom stereocenters. The summed E-state index contributed by atoms with van der Waals surface area (Å²) in [4.78, 5) is 16.2. The van der Waals surface area contributed by atoms with E-state index in [1.807, 2.05) is 12.1 Å². The Kier molecular flexibility index (Phi) is 5.27. The van der Waals surface area contributed by atoms with E-state index in [-0.39, 0.29) is 10.8 Å². The minimum atomic E-state index is -0.120. The molecule has 1 aliphatic heterocycles. The molecule has 0 radical (unpaired) electrons. The average Bonchev–Trinajstić information content (AvgIpc) is 3.39. The Labute approximate surface area is 258 Å². The lowest BCUT2D eigenvalue weighted by atomic mass is 9.73. The second-order valence-corrected chi connectivity index (χ2v) is 13.2. The molecule has 0 spiro atoms. The Balaban J connectivity index is 1.26. The maximum Gasteiger partial charge on any atom is 0.195 e. The quantitative estimate of drug-likeness (QED) is 0.189. The summed E-state index contributed by atoms with van der Waals surface area (Å²) in [6.07, 6.45) is 0. The van der Waals surface area contributed by atoms with Crippen LogP contribution in [0, 0.1) is 0 Å². The van der Waals surface area contributed by atoms with Crippen LogP contribution < -0.4 is 10.3 Å². The Morgan fingerprint density at radius 3 is 1.59 bits per heavy atom. The van der Waals surface area contributed by atoms with E-state index in [1.54, 1.807) is 11.3 Å². The summed E-state index contributed by atoms with van der Waals surface area (Å²) < 4.78 is 4.28. The summed E-state index contributed by atoms with van der Waals surface area (Å²) >= 11 is 1.69. The zero-order chi connectivity index (χ0) is 29.6. The number of rotatable bonds is 2. The van der Waals surface area contributed by atoms with Crippen molar-refractivity contribution in [3.63, 3.8) is 0 Å². The Morgan fingerprint density at radius 2 is 1.00 bits per heavy atom. The highest BCUT2D eigenvalue weighted by Crippen LogP contribution is 2.52. The van der Waals surface area contributed by atoms with Crippen molar-refractivity contribution in [2.45, 2.75) is 19.3 Å². The molecule has 0 aliphatic carbocycles. The number of fused-ring (bicyclic) bond motifs is 7. The van der Waals surface area contributed by atoms with E-state index < -0.39 is 0 Å². The molecule has 2 aromatic heterocycles. The highest BCUT2D eigenvalue weighted by atomic mass is 32.1. The number of nitrogens with zero attached hydrogens (tertiary/aromatic N) is 2. The van der Waals surface area contributed by atoms with Gasteiger partial charge in [0.2, 0.25) is 0 Å². The summed E-state index contributed by atoms with van der Waals surface area (Å²) in [7, 11) is 0. The van der Waals surface area contributed by atoms with Crippen LogP contribution in [-0.4, -0.2) is 4.57 Å². The lowest BCUT2D eigenvalue weighted by Gasteiger charge is -2.42. The molecule has 0 N–H and O–H groups in total. The normalized spacial score (nSPS) is 13.9. The Hall–Kier alpha value is -5.19. The van der Waals surface area contributed by atoms with Crippen molar-refractivity contribution in [2.75, 3.05) is 4.90 Å². The summed E-state index contributed by atoms with van der Waals surface area (Å²) in [5.41, 5.74) is 9.34. The second kappa shape index (κ2) is 9.15. The van der Waals surface area contributed by atoms with E-state index in [2.05, 4.69) is 145 Å². The van der Waals surface area contributed by atoms with Crippen LogP contribution in [0.15, 0.2) is 138 Å². The fourth-order valence-electron chi connectivity index (χ4n) is 7.26. The van der Waals surface area contributed by atoms with Crippen LogP contribution >= 0.6 is 11.3 Å². The van der Waals surface area contributed by atoms with Crippen LogP contribution in [-0.2, 0) is 5.41 Å². The predicted octanol–water partition coefficient (Wildman–Crippen LogP) is 10.6. The largest absolute Gasteiger partial charge is 0.310 e. The Morgan fingerprint density at radius 1 is 0.523 bits per heavy atom. The number of anilines is 3. The number of hydrogen-bond acceptors (Lipinski definition) is 3. The van der Waals surface area contributed by atoms with Gasteiger partial charge in [-0.25, -0.2) is 0 Å². The third kappa shape index (κ3) is 3.46. The first-order valence-corrected chi connectivity index (χ1v) is 15.8. The smallest absolute Gasteiger partial charge is 0.195 e. The van der Waals surface area contributed by atoms with Gasteiger partial charge in [-0.15, -0.1) is 11.3 Å². The number of aromatic nitrogens is 1. The lowest BCUT2D eigenvalue weighted by molar-refractivity contribution is 0.632. The zero-order valence-corrected chi connectivity index (χ0v) is 25.2. The van der Waals surface area contributed by atoms with E-state index in [0.29, 0.717) is 0 Å². The minimum Gasteiger partial charge on any atom is -0.310 e. The van der Waals surface area contributed by atoms with Crippen molar-refractivity contribution >= 4 is 70.4 Å². The number of hydrogen-bond donors (Lipinski definition) is 0. The minimum absolute atomic E-state index is 0.0784. The van der Waals surface area contributed by atoms with Crippen molar-refractivity contribution in [3.8, 4) is 5.69 Å². The van der Waals surface area contributed by atoms with Gasteiger partial charge in [0.05, 0.1) is 22.4 Å². The average molecular weight is 585 g/mol. The molecule has 6 aromatic carbocycles. The van der Waals surface area contributed by atoms with Gasteiger partial charge in [-0.2, -0.15) is 0 Å². The van der Waals surface area contributed by atoms with E-state index in [1.165, 1.54) is 33.3 Å². The molecule has 0 saturated carbocycles. The molecule has 0 atom stereocenters. The molecule has 0 saturated heterocycles. The van der Waals surface area contributed by atoms with Crippen molar-refractivity contribution < 1.29 is 0 Å². The molecular weight excluding hydrogens is 557 g/mol. The molecule has 8 aromatic rings. The molecule has 3 heterocycles. The van der Waals surface area contributed by atoms with Gasteiger partial charge in [0.1, 0.15) is 0 Å². The van der Waals surface area contributed by atoms with E-state index in [4.69, 9.17) is 0 Å². The van der Waals surface area contributed by atoms with Crippen LogP contribution in [0.3, 0.4) is 0 Å². The van der Waals surface area contributed by atoms with Gasteiger partial charge in [-0.1, -0.05) is 86.6 Å². The summed E-state index contributed by atoms with van der Waals surface area (Å²) in [6.45, 7) is 4.60. The highest BCUT2D eigenvalue weighted by molar-refractivity contribution is 7.24. The fourth-order valence-corrected chi connectivity index (χ4v) is 8.39. The molecule has 44 heavy (non-hydrogen) atoms. The third-order valence-electron chi connectivity index (χ3n) is 9.37. The second-order valence-electron chi connectivity index (χ2n) is 12.2. The van der Waals surface area contributed by atoms with Gasteiger partial charge in [0.15, 0.2) is 5.43 Å². The van der Waals surface area contributed by atoms with Crippen LogP contribution in [0.5, 0.6) is 0 Å². The van der Waals surface area contributed by atoms with Crippen molar-refractivity contribution in [1.29, 1.82) is 0 Å². The van der Waals surface area contributed by atoms with Gasteiger partial charge < -0.3 is 9.47 Å². The SMILES string of the molecule is CC1(C)c2ccccc2N(c2ccc3c(=O)c4ccc(-n5c6ccccc6c6ccccc65)cc4sc3c2)c2ccccc21. The first-order chi connectivity index (χ1) is 21.5. The topological polar surface area (TPSA) is 25.2 Å². The van der Waals surface area contributed by atoms with Gasteiger partial charge >= 0.3 is 0 Å². The van der Waals surface area contributed by atoms with Crippen molar-refractivity contribution in [2.24, 2.45) is 0 Å². The molecule has 0 bridgehead atoms. The van der Waals surface area contributed by atoms with Gasteiger partial charge in [0.25, 0.3) is 0 Å². The standard InChI is InChI=1S/C40H28N2OS/c1-40(2)31-13-5-9-17-35(31)42(36-18-10-6-14-32(36)40)26-20-22-30-38(24-26)44-37-23-25(19-21-29(37)39(30)43)41-33-15-7-3-11-27(33)28-12-4-8-16-34(28)41/h3-24H,1-2H3. The maximum atomic E-state index is 13.9. The third-order valence-corrected chi connectivity index (χ3v) is 10.5. The van der Waals surface area contributed by atoms with Gasteiger partial charge in [-0.05, 0) is 71.8 Å². The van der Waals surface area contributed by atoms with Crippen LogP contribution in [0.25, 0.3) is 47.7 Å². The fraction of sp³-hybridized carbons (Fsp3) is 0.0750. The molecule has 0 amide bonds. The van der Waals surface area contributed by atoms with E-state index in [0.717, 1.165) is 42.6 Å². The summed E-state index contributed by atoms with van der Waals surface area (Å²) in [5.74, 6) is 0. The predicted molar refractivity (Wildman–Crippen MR) is 187 cm³/mol. The van der Waals surface area contributed by atoms with Crippen LogP contribution in [0.2, 0.25) is 0 Å². The van der Waals surface area contributed by atoms with Crippen LogP contribution in [0.4, 0.5) is 17.1 Å². The van der Waals surface area contributed by atoms with Crippen molar-refractivity contribution in [3.05, 3.63) is 155 Å². The molecule has 210 valence electrons. The zero-order valence-electron chi connectivity index (χ0n) is 24.4. The van der Waals surface area contributed by atoms with E-state index >= 15 is 0 Å². The first-order valence-electron chi connectivity index (χ1n) is 15.0. The molecule has 0 fully saturated rings. The first kappa shape index (κ1) is 25.3. The molecule has 1 aliphatic rings. The number of benzene rings is 6. The number of para-hydroxylation sites is 4.